The lowest BCUT2D eigenvalue weighted by Gasteiger charge is -2.31. The predicted octanol–water partition coefficient (Wildman–Crippen LogP) is 3.13. The van der Waals surface area contributed by atoms with Crippen LogP contribution in [0.15, 0.2) is 18.2 Å². The quantitative estimate of drug-likeness (QED) is 0.836. The molecule has 0 bridgehead atoms. The molecule has 1 atom stereocenters. The molecular weight excluding hydrogens is 238 g/mol. The van der Waals surface area contributed by atoms with Crippen molar-refractivity contribution in [3.8, 4) is 5.75 Å². The zero-order chi connectivity index (χ0) is 13.8. The van der Waals surface area contributed by atoms with Crippen LogP contribution >= 0.6 is 0 Å². The Morgan fingerprint density at radius 1 is 1.47 bits per heavy atom. The molecule has 0 N–H and O–H groups in total. The molecule has 3 nitrogen and oxygen atoms in total. The number of hydrogen-bond acceptors (Lipinski definition) is 2. The van der Waals surface area contributed by atoms with Crippen LogP contribution in [0.1, 0.15) is 42.6 Å². The second-order valence-corrected chi connectivity index (χ2v) is 5.38. The molecule has 19 heavy (non-hydrogen) atoms. The van der Waals surface area contributed by atoms with Crippen molar-refractivity contribution in [1.29, 1.82) is 0 Å². The van der Waals surface area contributed by atoms with Crippen molar-refractivity contribution in [2.45, 2.75) is 33.1 Å². The summed E-state index contributed by atoms with van der Waals surface area (Å²) in [7, 11) is 1.67. The molecule has 0 aromatic heterocycles. The molecule has 1 unspecified atom stereocenters. The summed E-state index contributed by atoms with van der Waals surface area (Å²) in [5.74, 6) is 1.64. The number of carbonyl (C=O) groups is 1. The van der Waals surface area contributed by atoms with E-state index in [9.17, 15) is 4.79 Å². The molecular formula is C16H23NO2. The number of nitrogens with zero attached hydrogens (tertiary/aromatic N) is 1. The molecule has 3 heteroatoms. The zero-order valence-electron chi connectivity index (χ0n) is 12.1. The zero-order valence-corrected chi connectivity index (χ0v) is 12.1. The highest BCUT2D eigenvalue weighted by molar-refractivity contribution is 5.94. The molecule has 0 radical (unpaired) electrons. The van der Waals surface area contributed by atoms with Crippen LogP contribution in [0.4, 0.5) is 0 Å². The topological polar surface area (TPSA) is 29.5 Å². The molecule has 1 aliphatic rings. The van der Waals surface area contributed by atoms with Crippen LogP contribution < -0.4 is 4.74 Å². The predicted molar refractivity (Wildman–Crippen MR) is 76.7 cm³/mol. The van der Waals surface area contributed by atoms with E-state index in [2.05, 4.69) is 13.8 Å². The van der Waals surface area contributed by atoms with E-state index in [0.717, 1.165) is 42.8 Å². The van der Waals surface area contributed by atoms with Crippen molar-refractivity contribution in [3.05, 3.63) is 29.3 Å². The number of aryl methyl sites for hydroxylation is 1. The summed E-state index contributed by atoms with van der Waals surface area (Å²) >= 11 is 0. The number of benzene rings is 1. The third-order valence-corrected chi connectivity index (χ3v) is 3.85. The summed E-state index contributed by atoms with van der Waals surface area (Å²) in [4.78, 5) is 14.5. The van der Waals surface area contributed by atoms with Crippen molar-refractivity contribution in [1.82, 2.24) is 4.90 Å². The van der Waals surface area contributed by atoms with Gasteiger partial charge in [0.15, 0.2) is 0 Å². The van der Waals surface area contributed by atoms with E-state index in [4.69, 9.17) is 4.74 Å². The SMILES string of the molecule is CCc1cc(C(=O)N2CCCC(C)C2)ccc1OC. The highest BCUT2D eigenvalue weighted by Crippen LogP contribution is 2.23. The molecule has 2 rings (SSSR count). The second-order valence-electron chi connectivity index (χ2n) is 5.38. The first-order valence-electron chi connectivity index (χ1n) is 7.12. The number of rotatable bonds is 3. The largest absolute Gasteiger partial charge is 0.496 e. The number of carbonyl (C=O) groups excluding carboxylic acids is 1. The first kappa shape index (κ1) is 13.9. The molecule has 1 fully saturated rings. The Balaban J connectivity index is 2.19. The summed E-state index contributed by atoms with van der Waals surface area (Å²) in [6.07, 6.45) is 3.22. The van der Waals surface area contributed by atoms with Crippen LogP contribution in [0.3, 0.4) is 0 Å². The average Bonchev–Trinajstić information content (AvgIpc) is 2.45. The Labute approximate surface area is 115 Å². The van der Waals surface area contributed by atoms with Gasteiger partial charge in [0, 0.05) is 18.7 Å². The number of hydrogen-bond donors (Lipinski definition) is 0. The standard InChI is InChI=1S/C16H23NO2/c1-4-13-10-14(7-8-15(13)19-3)16(18)17-9-5-6-12(2)11-17/h7-8,10,12H,4-6,9,11H2,1-3H3. The van der Waals surface area contributed by atoms with Crippen LogP contribution in [0, 0.1) is 5.92 Å². The number of amides is 1. The lowest BCUT2D eigenvalue weighted by atomic mass is 9.99. The van der Waals surface area contributed by atoms with E-state index in [1.54, 1.807) is 7.11 Å². The van der Waals surface area contributed by atoms with Crippen molar-refractivity contribution in [3.63, 3.8) is 0 Å². The lowest BCUT2D eigenvalue weighted by Crippen LogP contribution is -2.39. The summed E-state index contributed by atoms with van der Waals surface area (Å²) in [6.45, 7) is 6.06. The molecule has 1 aliphatic heterocycles. The number of ether oxygens (including phenoxy) is 1. The van der Waals surface area contributed by atoms with Crippen molar-refractivity contribution < 1.29 is 9.53 Å². The Kier molecular flexibility index (Phi) is 4.46. The number of piperidine rings is 1. The van der Waals surface area contributed by atoms with Crippen LogP contribution in [0.5, 0.6) is 5.75 Å². The van der Waals surface area contributed by atoms with Gasteiger partial charge in [-0.15, -0.1) is 0 Å². The fraction of sp³-hybridized carbons (Fsp3) is 0.562. The Morgan fingerprint density at radius 2 is 2.26 bits per heavy atom. The molecule has 1 saturated heterocycles. The Morgan fingerprint density at radius 3 is 2.89 bits per heavy atom. The molecule has 1 aromatic rings. The highest BCUT2D eigenvalue weighted by atomic mass is 16.5. The van der Waals surface area contributed by atoms with Crippen molar-refractivity contribution in [2.75, 3.05) is 20.2 Å². The minimum atomic E-state index is 0.156. The number of methoxy groups -OCH3 is 1. The van der Waals surface area contributed by atoms with Gasteiger partial charge in [0.2, 0.25) is 0 Å². The summed E-state index contributed by atoms with van der Waals surface area (Å²) in [6, 6.07) is 5.75. The van der Waals surface area contributed by atoms with Crippen molar-refractivity contribution >= 4 is 5.91 Å². The smallest absolute Gasteiger partial charge is 0.253 e. The summed E-state index contributed by atoms with van der Waals surface area (Å²) < 4.78 is 5.31. The first-order valence-corrected chi connectivity index (χ1v) is 7.12. The molecule has 0 saturated carbocycles. The van der Waals surface area contributed by atoms with Gasteiger partial charge in [-0.25, -0.2) is 0 Å². The van der Waals surface area contributed by atoms with Gasteiger partial charge in [0.05, 0.1) is 7.11 Å². The van der Waals surface area contributed by atoms with Gasteiger partial charge < -0.3 is 9.64 Å². The Hall–Kier alpha value is -1.51. The van der Waals surface area contributed by atoms with E-state index in [0.29, 0.717) is 5.92 Å². The van der Waals surface area contributed by atoms with E-state index in [-0.39, 0.29) is 5.91 Å². The van der Waals surface area contributed by atoms with Crippen molar-refractivity contribution in [2.24, 2.45) is 5.92 Å². The monoisotopic (exact) mass is 261 g/mol. The average molecular weight is 261 g/mol. The normalized spacial score (nSPS) is 19.3. The highest BCUT2D eigenvalue weighted by Gasteiger charge is 2.22. The minimum absolute atomic E-state index is 0.156. The van der Waals surface area contributed by atoms with E-state index >= 15 is 0 Å². The van der Waals surface area contributed by atoms with Gasteiger partial charge in [-0.3, -0.25) is 4.79 Å². The minimum Gasteiger partial charge on any atom is -0.496 e. The van der Waals surface area contributed by atoms with Gasteiger partial charge in [-0.05, 0) is 48.9 Å². The van der Waals surface area contributed by atoms with Gasteiger partial charge in [-0.2, -0.15) is 0 Å². The summed E-state index contributed by atoms with van der Waals surface area (Å²) in [5.41, 5.74) is 1.88. The van der Waals surface area contributed by atoms with Gasteiger partial charge in [-0.1, -0.05) is 13.8 Å². The molecule has 1 amide bonds. The van der Waals surface area contributed by atoms with Gasteiger partial charge >= 0.3 is 0 Å². The molecule has 1 heterocycles. The van der Waals surface area contributed by atoms with Crippen LogP contribution in [-0.4, -0.2) is 31.0 Å². The summed E-state index contributed by atoms with van der Waals surface area (Å²) in [5, 5.41) is 0. The fourth-order valence-corrected chi connectivity index (χ4v) is 2.74. The lowest BCUT2D eigenvalue weighted by molar-refractivity contribution is 0.0683. The molecule has 0 aliphatic carbocycles. The molecule has 0 spiro atoms. The maximum atomic E-state index is 12.5. The van der Waals surface area contributed by atoms with Gasteiger partial charge in [0.25, 0.3) is 5.91 Å². The van der Waals surface area contributed by atoms with E-state index in [1.807, 2.05) is 23.1 Å². The third-order valence-electron chi connectivity index (χ3n) is 3.85. The number of likely N-dealkylation sites (tertiary alicyclic amines) is 1. The van der Waals surface area contributed by atoms with Gasteiger partial charge in [0.1, 0.15) is 5.75 Å². The fourth-order valence-electron chi connectivity index (χ4n) is 2.74. The molecule has 104 valence electrons. The van der Waals surface area contributed by atoms with Crippen LogP contribution in [0.2, 0.25) is 0 Å². The maximum Gasteiger partial charge on any atom is 0.253 e. The van der Waals surface area contributed by atoms with Crippen LogP contribution in [-0.2, 0) is 6.42 Å². The third kappa shape index (κ3) is 3.09. The Bertz CT molecular complexity index is 456. The first-order chi connectivity index (χ1) is 9.15. The maximum absolute atomic E-state index is 12.5. The molecule has 1 aromatic carbocycles. The second kappa shape index (κ2) is 6.09. The van der Waals surface area contributed by atoms with E-state index in [1.165, 1.54) is 6.42 Å². The van der Waals surface area contributed by atoms with E-state index < -0.39 is 0 Å². The van der Waals surface area contributed by atoms with Crippen LogP contribution in [0.25, 0.3) is 0 Å².